The maximum Gasteiger partial charge on any atom is 0.191 e. The van der Waals surface area contributed by atoms with E-state index in [1.165, 1.54) is 0 Å². The van der Waals surface area contributed by atoms with Gasteiger partial charge in [0.15, 0.2) is 5.78 Å². The Morgan fingerprint density at radius 2 is 2.05 bits per heavy atom. The third-order valence-corrected chi connectivity index (χ3v) is 5.01. The van der Waals surface area contributed by atoms with E-state index in [9.17, 15) is 4.79 Å². The molecular weight excluding hydrogens is 268 g/mol. The number of carbonyl (C=O) groups is 1. The van der Waals surface area contributed by atoms with E-state index in [2.05, 4.69) is 6.92 Å². The van der Waals surface area contributed by atoms with Crippen LogP contribution in [0.15, 0.2) is 30.3 Å². The zero-order valence-electron chi connectivity index (χ0n) is 12.7. The second-order valence-corrected chi connectivity index (χ2v) is 6.11. The molecule has 0 aromatic heterocycles. The highest BCUT2D eigenvalue weighted by molar-refractivity contribution is 6.00. The summed E-state index contributed by atoms with van der Waals surface area (Å²) in [6, 6.07) is 9.34. The highest BCUT2D eigenvalue weighted by Gasteiger charge is 2.65. The van der Waals surface area contributed by atoms with Crippen LogP contribution in [-0.4, -0.2) is 44.4 Å². The molecule has 2 fully saturated rings. The molecule has 21 heavy (non-hydrogen) atoms. The fourth-order valence-electron chi connectivity index (χ4n) is 4.04. The van der Waals surface area contributed by atoms with Crippen LogP contribution in [0.1, 0.15) is 23.7 Å². The average Bonchev–Trinajstić information content (AvgIpc) is 2.95. The summed E-state index contributed by atoms with van der Waals surface area (Å²) in [7, 11) is 3.36. The van der Waals surface area contributed by atoms with Crippen LogP contribution in [0.4, 0.5) is 0 Å². The molecule has 0 radical (unpaired) electrons. The molecule has 4 heteroatoms. The Morgan fingerprint density at radius 1 is 1.33 bits per heavy atom. The first kappa shape index (κ1) is 14.7. The van der Waals surface area contributed by atoms with Crippen molar-refractivity contribution in [1.29, 1.82) is 0 Å². The first-order valence-corrected chi connectivity index (χ1v) is 7.43. The Hall–Kier alpha value is -1.23. The van der Waals surface area contributed by atoms with E-state index in [-0.39, 0.29) is 17.8 Å². The van der Waals surface area contributed by atoms with Crippen LogP contribution < -0.4 is 0 Å². The van der Waals surface area contributed by atoms with Crippen molar-refractivity contribution >= 4 is 5.78 Å². The van der Waals surface area contributed by atoms with Crippen LogP contribution in [0.5, 0.6) is 0 Å². The summed E-state index contributed by atoms with van der Waals surface area (Å²) in [6.07, 6.45) is 0.430. The lowest BCUT2D eigenvalue weighted by Gasteiger charge is -2.36. The van der Waals surface area contributed by atoms with Gasteiger partial charge in [0.1, 0.15) is 11.7 Å². The molecule has 3 rings (SSSR count). The van der Waals surface area contributed by atoms with Crippen molar-refractivity contribution in [3.63, 3.8) is 0 Å². The molecular formula is C17H22O4. The maximum atomic E-state index is 12.7. The zero-order valence-corrected chi connectivity index (χ0v) is 12.7. The van der Waals surface area contributed by atoms with Crippen molar-refractivity contribution in [3.05, 3.63) is 35.9 Å². The van der Waals surface area contributed by atoms with E-state index in [1.807, 2.05) is 30.3 Å². The highest BCUT2D eigenvalue weighted by atomic mass is 16.6. The van der Waals surface area contributed by atoms with Gasteiger partial charge in [0.05, 0.1) is 12.7 Å². The lowest BCUT2D eigenvalue weighted by Crippen LogP contribution is -2.48. The number of methoxy groups -OCH3 is 2. The molecule has 1 heterocycles. The molecule has 0 spiro atoms. The topological polar surface area (TPSA) is 44.8 Å². The second-order valence-electron chi connectivity index (χ2n) is 6.11. The third kappa shape index (κ3) is 2.13. The maximum absolute atomic E-state index is 12.7. The van der Waals surface area contributed by atoms with E-state index in [0.717, 1.165) is 6.42 Å². The number of benzene rings is 1. The minimum atomic E-state index is -0.497. The molecule has 1 aromatic carbocycles. The van der Waals surface area contributed by atoms with Gasteiger partial charge in [-0.25, -0.2) is 0 Å². The predicted octanol–water partition coefficient (Wildman–Crippen LogP) is 2.32. The monoisotopic (exact) mass is 290 g/mol. The van der Waals surface area contributed by atoms with Crippen LogP contribution in [-0.2, 0) is 14.2 Å². The number of carbonyl (C=O) groups excluding carboxylic acids is 1. The molecule has 1 saturated heterocycles. The van der Waals surface area contributed by atoms with Gasteiger partial charge in [-0.15, -0.1) is 0 Å². The Kier molecular flexibility index (Phi) is 3.86. The lowest BCUT2D eigenvalue weighted by molar-refractivity contribution is -0.145. The summed E-state index contributed by atoms with van der Waals surface area (Å²) in [5, 5.41) is 0. The predicted molar refractivity (Wildman–Crippen MR) is 78.3 cm³/mol. The smallest absolute Gasteiger partial charge is 0.191 e. The standard InChI is InChI=1S/C17H22O4/c1-11-9-13-15(14(18)12-7-5-4-6-8-12)21-17(11,10-19-2)16(13)20-3/h4-8,11,13,15-16H,9-10H2,1-3H3/t11-,13-,15+,16?,17-/m0/s1. The molecule has 1 aromatic rings. The average molecular weight is 290 g/mol. The van der Waals surface area contributed by atoms with Gasteiger partial charge in [-0.1, -0.05) is 37.3 Å². The van der Waals surface area contributed by atoms with Gasteiger partial charge in [-0.2, -0.15) is 0 Å². The summed E-state index contributed by atoms with van der Waals surface area (Å²) in [5.74, 6) is 0.479. The molecule has 114 valence electrons. The first-order valence-electron chi connectivity index (χ1n) is 7.43. The SMILES string of the molecule is COC[C@]12O[C@@H](C(=O)c3ccccc3)[C@H](C[C@@H]1C)C2OC. The molecule has 2 bridgehead atoms. The normalized spacial score (nSPS) is 37.9. The van der Waals surface area contributed by atoms with E-state index in [0.29, 0.717) is 18.1 Å². The number of Topliss-reactive ketones (excluding diaryl/α,β-unsaturated/α-hetero) is 1. The number of hydrogen-bond acceptors (Lipinski definition) is 4. The summed E-state index contributed by atoms with van der Waals surface area (Å²) < 4.78 is 17.3. The van der Waals surface area contributed by atoms with Gasteiger partial charge < -0.3 is 14.2 Å². The fourth-order valence-corrected chi connectivity index (χ4v) is 4.04. The van der Waals surface area contributed by atoms with Gasteiger partial charge in [0.2, 0.25) is 0 Å². The minimum Gasteiger partial charge on any atom is -0.382 e. The van der Waals surface area contributed by atoms with Crippen molar-refractivity contribution < 1.29 is 19.0 Å². The molecule has 1 saturated carbocycles. The number of hydrogen-bond donors (Lipinski definition) is 0. The number of fused-ring (bicyclic) bond motifs is 2. The summed E-state index contributed by atoms with van der Waals surface area (Å²) in [4.78, 5) is 12.7. The Balaban J connectivity index is 1.89. The van der Waals surface area contributed by atoms with Crippen molar-refractivity contribution in [3.8, 4) is 0 Å². The zero-order chi connectivity index (χ0) is 15.0. The Labute approximate surface area is 125 Å². The largest absolute Gasteiger partial charge is 0.382 e. The van der Waals surface area contributed by atoms with Crippen LogP contribution in [0, 0.1) is 11.8 Å². The van der Waals surface area contributed by atoms with Crippen LogP contribution >= 0.6 is 0 Å². The molecule has 1 unspecified atom stereocenters. The number of ketones is 1. The fraction of sp³-hybridized carbons (Fsp3) is 0.588. The summed E-state index contributed by atoms with van der Waals surface area (Å²) >= 11 is 0. The van der Waals surface area contributed by atoms with Crippen molar-refractivity contribution in [2.45, 2.75) is 31.2 Å². The highest BCUT2D eigenvalue weighted by Crippen LogP contribution is 2.53. The van der Waals surface area contributed by atoms with Crippen LogP contribution in [0.2, 0.25) is 0 Å². The first-order chi connectivity index (χ1) is 10.1. The quantitative estimate of drug-likeness (QED) is 0.781. The Bertz CT molecular complexity index is 515. The van der Waals surface area contributed by atoms with Crippen LogP contribution in [0.3, 0.4) is 0 Å². The number of ether oxygens (including phenoxy) is 3. The molecule has 4 nitrogen and oxygen atoms in total. The lowest BCUT2D eigenvalue weighted by atomic mass is 9.90. The molecule has 1 aliphatic carbocycles. The van der Waals surface area contributed by atoms with Gasteiger partial charge in [0.25, 0.3) is 0 Å². The van der Waals surface area contributed by atoms with Gasteiger partial charge >= 0.3 is 0 Å². The van der Waals surface area contributed by atoms with Gasteiger partial charge in [-0.3, -0.25) is 4.79 Å². The van der Waals surface area contributed by atoms with Crippen LogP contribution in [0.25, 0.3) is 0 Å². The van der Waals surface area contributed by atoms with Gasteiger partial charge in [0, 0.05) is 25.7 Å². The third-order valence-electron chi connectivity index (χ3n) is 5.01. The number of rotatable bonds is 5. The van der Waals surface area contributed by atoms with E-state index >= 15 is 0 Å². The molecule has 5 atom stereocenters. The molecule has 0 amide bonds. The van der Waals surface area contributed by atoms with E-state index in [1.54, 1.807) is 14.2 Å². The summed E-state index contributed by atoms with van der Waals surface area (Å²) in [6.45, 7) is 2.61. The van der Waals surface area contributed by atoms with Crippen molar-refractivity contribution in [2.75, 3.05) is 20.8 Å². The van der Waals surface area contributed by atoms with Gasteiger partial charge in [-0.05, 0) is 12.3 Å². The molecule has 1 aliphatic heterocycles. The van der Waals surface area contributed by atoms with Crippen molar-refractivity contribution in [2.24, 2.45) is 11.8 Å². The minimum absolute atomic E-state index is 0.0486. The van der Waals surface area contributed by atoms with Crippen molar-refractivity contribution in [1.82, 2.24) is 0 Å². The second kappa shape index (κ2) is 5.52. The Morgan fingerprint density at radius 3 is 2.67 bits per heavy atom. The molecule has 0 N–H and O–H groups in total. The van der Waals surface area contributed by atoms with E-state index in [4.69, 9.17) is 14.2 Å². The summed E-state index contributed by atoms with van der Waals surface area (Å²) in [5.41, 5.74) is 0.202. The molecule has 2 aliphatic rings. The van der Waals surface area contributed by atoms with E-state index < -0.39 is 11.7 Å².